The molecule has 7 N–H and O–H groups in total. The number of thiophene rings is 10. The van der Waals surface area contributed by atoms with E-state index in [1.54, 1.807) is 150 Å². The molecule has 30 rings (SSSR count). The molecule has 29 nitrogen and oxygen atoms in total. The second kappa shape index (κ2) is 48.4. The highest BCUT2D eigenvalue weighted by atomic mass is 32.1. The van der Waals surface area contributed by atoms with E-state index in [0.717, 1.165) is 199 Å². The number of nitrogens with one attached hydrogen (secondary N) is 7. The topological polar surface area (TPSA) is 342 Å². The Labute approximate surface area is 882 Å². The van der Waals surface area contributed by atoms with Gasteiger partial charge in [0, 0.05) is 92.5 Å². The van der Waals surface area contributed by atoms with Crippen molar-refractivity contribution in [2.75, 3.05) is 66.1 Å². The third kappa shape index (κ3) is 23.5. The van der Waals surface area contributed by atoms with Gasteiger partial charge in [-0.2, -0.15) is 25.5 Å². The minimum Gasteiger partial charge on any atom is -0.366 e. The van der Waals surface area contributed by atoms with Crippen molar-refractivity contribution in [2.45, 2.75) is 146 Å². The van der Waals surface area contributed by atoms with Crippen LogP contribution < -0.4 is 0 Å². The van der Waals surface area contributed by atoms with Crippen molar-refractivity contribution in [3.8, 4) is 0 Å². The molecule has 0 saturated heterocycles. The summed E-state index contributed by atoms with van der Waals surface area (Å²) >= 11 is 19.3. The maximum absolute atomic E-state index is 5.84. The summed E-state index contributed by atoms with van der Waals surface area (Å²) in [6.07, 6.45) is 30.7. The van der Waals surface area contributed by atoms with Crippen molar-refractivity contribution in [1.82, 2.24) is 95.0 Å². The smallest absolute Gasteiger partial charge is 0.136 e. The molecule has 750 valence electrons. The number of aryl methyl sites for hydroxylation is 5. The summed E-state index contributed by atoms with van der Waals surface area (Å²) in [7, 11) is 3.92. The van der Waals surface area contributed by atoms with Crippen LogP contribution in [0.25, 0.3) is 0 Å². The quantitative estimate of drug-likeness (QED) is 0.0669. The van der Waals surface area contributed by atoms with Crippen LogP contribution in [0.2, 0.25) is 0 Å². The fraction of sp³-hybridized carbons (Fsp3) is 0.333. The molecule has 0 fully saturated rings. The zero-order valence-corrected chi connectivity index (χ0v) is 89.2. The van der Waals surface area contributed by atoms with Gasteiger partial charge in [0.25, 0.3) is 0 Å². The van der Waals surface area contributed by atoms with E-state index < -0.39 is 0 Å². The number of hydrogen-bond donors (Lipinski definition) is 7. The van der Waals surface area contributed by atoms with Crippen molar-refractivity contribution in [3.63, 3.8) is 0 Å². The van der Waals surface area contributed by atoms with Gasteiger partial charge in [-0.25, -0.2) is 24.9 Å². The number of aromatic nitrogens is 19. The zero-order chi connectivity index (χ0) is 98.2. The van der Waals surface area contributed by atoms with Gasteiger partial charge in [-0.15, -0.1) is 125 Å². The predicted molar refractivity (Wildman–Crippen MR) is 571 cm³/mol. The molecule has 20 aromatic rings. The maximum Gasteiger partial charge on any atom is 0.136 e. The molecule has 145 heavy (non-hydrogen) atoms. The second-order valence-corrected chi connectivity index (χ2v) is 45.4. The SMILES string of the molecule is Cc1cc(C2OCCc3ccsc32)n[nH]1.Cc1cn[nH]c1C1OCCc2ccsc21.Cc1ncc(C2OCCc3ccsc32)[nH]1.Cn1nccc1C1OCCc2ccsc21.Cn1nccc1C1OCCc2ccsc21.c1cc(C2OCCc3ccsc32)[nH]n1.c1nc(C2OCCc3ccsc32)cs1.c1ncc(C2OCCc3ccsc32)[nH]1.c1ncc([C@@H]2OCCc3ccsc32)[nH]1.c1ncc([C@H]2OCCc3ccsc32)[nH]1. The van der Waals surface area contributed by atoms with Crippen LogP contribution in [0.5, 0.6) is 0 Å². The number of fused-ring (bicyclic) bond motifs is 10. The lowest BCUT2D eigenvalue weighted by atomic mass is 10.0. The molecule has 0 radical (unpaired) electrons. The molecule has 30 heterocycles. The standard InChI is InChI=1S/5C11H12N2OS.4C10H10N2OS.C10H9NOS2/c2*1-13-9(2-5-12-13)10-11-8(3-6-14-10)4-7-15-11;1-7-12-6-9(13-7)10-11-8(2-4-14-10)3-5-15-11;1-7-6-12-13-9(7)10-11-8(2-4-14-10)3-5-15-11;1-7-6-9(13-12-7)10-11-8(2-4-14-10)3-5-15-11;1-4-11-12-8(1)9-10-7(2-5-13-9)3-6-14-10;3*1-3-13-9(8-5-11-6-12-8)10-7(1)2-4-14-10;1-3-12-9(8-5-13-6-11-8)10-7(1)2-4-14-10/h2*2,4-5,7,10H,3,6H2,1H3;3*3,5-6,10H,2,4H2,1H3,(H,12,13);1,3-4,6,9H,2,5H2,(H,11,12);3*2,4-6,9H,1,3H2,(H,11,12);2,4-6,9H,1,3H2/t;;;;;;2*9-;;/m......10../s1. The summed E-state index contributed by atoms with van der Waals surface area (Å²) in [5, 5.41) is 53.0. The number of H-pyrrole nitrogens is 7. The van der Waals surface area contributed by atoms with Crippen molar-refractivity contribution in [3.05, 3.63) is 397 Å². The Kier molecular flexibility index (Phi) is 33.4. The van der Waals surface area contributed by atoms with Crippen LogP contribution >= 0.6 is 125 Å². The molecular formula is C105H109N19O10S11. The van der Waals surface area contributed by atoms with Crippen molar-refractivity contribution in [1.29, 1.82) is 0 Å². The van der Waals surface area contributed by atoms with Crippen LogP contribution in [-0.2, 0) is 126 Å². The predicted octanol–water partition coefficient (Wildman–Crippen LogP) is 23.0. The molecule has 10 aliphatic rings. The first-order valence-corrected chi connectivity index (χ1v) is 57.9. The van der Waals surface area contributed by atoms with Crippen LogP contribution in [0.1, 0.15) is 239 Å². The van der Waals surface area contributed by atoms with E-state index in [4.69, 9.17) is 47.4 Å². The lowest BCUT2D eigenvalue weighted by molar-refractivity contribution is 0.0674. The number of rotatable bonds is 10. The number of hydrogen-bond acceptors (Lipinski definition) is 31. The van der Waals surface area contributed by atoms with Crippen molar-refractivity contribution in [2.24, 2.45) is 14.1 Å². The Hall–Kier alpha value is -10.9. The molecule has 0 amide bonds. The third-order valence-corrected chi connectivity index (χ3v) is 36.7. The molecule has 8 unspecified atom stereocenters. The number of nitrogens with zero attached hydrogens (tertiary/aromatic N) is 12. The molecule has 0 aromatic carbocycles. The largest absolute Gasteiger partial charge is 0.366 e. The van der Waals surface area contributed by atoms with Crippen LogP contribution in [0.15, 0.2) is 218 Å². The minimum absolute atomic E-state index is 0.0405. The fourth-order valence-corrected chi connectivity index (χ4v) is 29.5. The Morgan fingerprint density at radius 1 is 0.303 bits per heavy atom. The molecule has 20 aromatic heterocycles. The van der Waals surface area contributed by atoms with Gasteiger partial charge in [-0.1, -0.05) is 0 Å². The highest BCUT2D eigenvalue weighted by molar-refractivity contribution is 7.13. The van der Waals surface area contributed by atoms with Crippen molar-refractivity contribution >= 4 is 125 Å². The summed E-state index contributed by atoms with van der Waals surface area (Å²) in [4.78, 5) is 46.4. The number of imidazole rings is 4. The van der Waals surface area contributed by atoms with E-state index in [1.165, 1.54) is 110 Å². The first-order chi connectivity index (χ1) is 71.5. The van der Waals surface area contributed by atoms with Crippen LogP contribution in [0.4, 0.5) is 0 Å². The maximum atomic E-state index is 5.84. The van der Waals surface area contributed by atoms with Gasteiger partial charge < -0.3 is 67.3 Å². The van der Waals surface area contributed by atoms with Crippen molar-refractivity contribution < 1.29 is 47.4 Å². The number of thiazole rings is 1. The van der Waals surface area contributed by atoms with Gasteiger partial charge in [0.1, 0.15) is 66.9 Å². The van der Waals surface area contributed by atoms with Gasteiger partial charge in [-0.05, 0) is 285 Å². The lowest BCUT2D eigenvalue weighted by Crippen LogP contribution is -2.17. The van der Waals surface area contributed by atoms with Gasteiger partial charge in [0.2, 0.25) is 0 Å². The molecule has 0 spiro atoms. The summed E-state index contributed by atoms with van der Waals surface area (Å²) in [5.41, 5.74) is 29.0. The first kappa shape index (κ1) is 100. The van der Waals surface area contributed by atoms with Crippen LogP contribution in [0.3, 0.4) is 0 Å². The lowest BCUT2D eigenvalue weighted by Gasteiger charge is -2.23. The van der Waals surface area contributed by atoms with Crippen LogP contribution in [-0.4, -0.2) is 161 Å². The highest BCUT2D eigenvalue weighted by Crippen LogP contribution is 2.46. The Balaban J connectivity index is 0.0000000948. The van der Waals surface area contributed by atoms with E-state index in [1.807, 2.05) is 104 Å². The van der Waals surface area contributed by atoms with E-state index >= 15 is 0 Å². The average molecular weight is 2150 g/mol. The molecular weight excluding hydrogens is 2040 g/mol. The van der Waals surface area contributed by atoms with E-state index in [-0.39, 0.29) is 61.0 Å². The van der Waals surface area contributed by atoms with Gasteiger partial charge >= 0.3 is 0 Å². The summed E-state index contributed by atoms with van der Waals surface area (Å²) < 4.78 is 61.6. The summed E-state index contributed by atoms with van der Waals surface area (Å²) in [5.74, 6) is 0.942. The molecule has 10 atom stereocenters. The normalized spacial score (nSPS) is 20.4. The Bertz CT molecular complexity index is 6540. The third-order valence-electron chi connectivity index (χ3n) is 26.1. The molecule has 10 aliphatic heterocycles. The first-order valence-electron chi connectivity index (χ1n) is 48.1. The average Bonchev–Trinajstić information content (AvgIpc) is 1.66. The monoisotopic (exact) mass is 2150 g/mol. The zero-order valence-electron chi connectivity index (χ0n) is 80.2. The summed E-state index contributed by atoms with van der Waals surface area (Å²) in [6, 6.07) is 30.0. The van der Waals surface area contributed by atoms with Gasteiger partial charge in [0.05, 0.1) is 178 Å². The fourth-order valence-electron chi connectivity index (χ4n) is 18.8. The number of aromatic amines is 7. The molecule has 40 heteroatoms. The van der Waals surface area contributed by atoms with Crippen LogP contribution in [0, 0.1) is 20.8 Å². The highest BCUT2D eigenvalue weighted by Gasteiger charge is 2.35. The van der Waals surface area contributed by atoms with Gasteiger partial charge in [-0.3, -0.25) is 24.7 Å². The van der Waals surface area contributed by atoms with E-state index in [2.05, 4.69) is 218 Å². The Morgan fingerprint density at radius 2 is 0.628 bits per heavy atom. The Morgan fingerprint density at radius 3 is 0.917 bits per heavy atom. The molecule has 0 aliphatic carbocycles. The number of ether oxygens (including phenoxy) is 10. The van der Waals surface area contributed by atoms with E-state index in [0.29, 0.717) is 0 Å². The summed E-state index contributed by atoms with van der Waals surface area (Å²) in [6.45, 7) is 14.0. The molecule has 0 saturated carbocycles. The van der Waals surface area contributed by atoms with Gasteiger partial charge in [0.15, 0.2) is 0 Å². The van der Waals surface area contributed by atoms with E-state index in [9.17, 15) is 0 Å². The minimum atomic E-state index is 0.0405. The second-order valence-electron chi connectivity index (χ2n) is 35.2. The molecule has 0 bridgehead atoms.